The summed E-state index contributed by atoms with van der Waals surface area (Å²) in [5.41, 5.74) is 0.227. The molecule has 3 amide bonds. The molecule has 37 heavy (non-hydrogen) atoms. The van der Waals surface area contributed by atoms with Gasteiger partial charge < -0.3 is 14.8 Å². The molecular formula is C27H25N3O7. The number of phenols is 1. The number of nitrogens with one attached hydrogen (secondary N) is 1. The summed E-state index contributed by atoms with van der Waals surface area (Å²) >= 11 is 0. The van der Waals surface area contributed by atoms with Crippen LogP contribution in [-0.2, 0) is 17.6 Å². The Morgan fingerprint density at radius 2 is 1.84 bits per heavy atom. The van der Waals surface area contributed by atoms with Crippen LogP contribution in [0.3, 0.4) is 0 Å². The van der Waals surface area contributed by atoms with Crippen molar-refractivity contribution >= 4 is 23.4 Å². The Morgan fingerprint density at radius 1 is 1.11 bits per heavy atom. The molecule has 2 aromatic carbocycles. The number of rotatable bonds is 8. The van der Waals surface area contributed by atoms with Crippen LogP contribution >= 0.6 is 0 Å². The van der Waals surface area contributed by atoms with E-state index in [-0.39, 0.29) is 29.5 Å². The van der Waals surface area contributed by atoms with E-state index >= 15 is 0 Å². The predicted molar refractivity (Wildman–Crippen MR) is 131 cm³/mol. The predicted octanol–water partition coefficient (Wildman–Crippen LogP) is 3.63. The van der Waals surface area contributed by atoms with Crippen LogP contribution in [-0.4, -0.2) is 44.7 Å². The van der Waals surface area contributed by atoms with Gasteiger partial charge in [-0.1, -0.05) is 24.6 Å². The summed E-state index contributed by atoms with van der Waals surface area (Å²) in [4.78, 5) is 51.8. The fraction of sp³-hybridized carbons (Fsp3) is 0.296. The number of fused-ring (bicyclic) bond motifs is 1. The topological polar surface area (TPSA) is 143 Å². The second-order valence-electron chi connectivity index (χ2n) is 9.42. The number of furan rings is 1. The highest BCUT2D eigenvalue weighted by molar-refractivity contribution is 6.22. The zero-order valence-corrected chi connectivity index (χ0v) is 19.8. The van der Waals surface area contributed by atoms with Crippen molar-refractivity contribution in [1.29, 1.82) is 0 Å². The molecule has 2 heterocycles. The Bertz CT molecular complexity index is 1330. The first-order chi connectivity index (χ1) is 17.8. The van der Waals surface area contributed by atoms with Gasteiger partial charge in [0.2, 0.25) is 5.91 Å². The van der Waals surface area contributed by atoms with Crippen molar-refractivity contribution in [3.63, 3.8) is 0 Å². The molecule has 0 bridgehead atoms. The van der Waals surface area contributed by atoms with Gasteiger partial charge >= 0.3 is 5.69 Å². The van der Waals surface area contributed by atoms with E-state index in [1.807, 2.05) is 12.1 Å². The largest absolute Gasteiger partial charge is 0.502 e. The fourth-order valence-corrected chi connectivity index (χ4v) is 5.29. The molecular weight excluding hydrogens is 478 g/mol. The summed E-state index contributed by atoms with van der Waals surface area (Å²) in [5, 5.41) is 24.2. The Hall–Kier alpha value is -4.47. The zero-order chi connectivity index (χ0) is 26.1. The molecule has 10 nitrogen and oxygen atoms in total. The van der Waals surface area contributed by atoms with Crippen LogP contribution in [0.1, 0.15) is 51.3 Å². The summed E-state index contributed by atoms with van der Waals surface area (Å²) in [7, 11) is 0. The lowest BCUT2D eigenvalue weighted by Gasteiger charge is -2.28. The van der Waals surface area contributed by atoms with Gasteiger partial charge in [0.05, 0.1) is 22.3 Å². The van der Waals surface area contributed by atoms with Gasteiger partial charge in [0.25, 0.3) is 11.8 Å². The third-order valence-corrected chi connectivity index (χ3v) is 7.14. The lowest BCUT2D eigenvalue weighted by molar-refractivity contribution is -0.385. The highest BCUT2D eigenvalue weighted by Crippen LogP contribution is 2.32. The molecule has 0 saturated heterocycles. The molecule has 1 fully saturated rings. The highest BCUT2D eigenvalue weighted by Gasteiger charge is 2.44. The van der Waals surface area contributed by atoms with Crippen LogP contribution in [0.4, 0.5) is 5.69 Å². The molecule has 1 aliphatic heterocycles. The molecule has 2 unspecified atom stereocenters. The quantitative estimate of drug-likeness (QED) is 0.271. The van der Waals surface area contributed by atoms with E-state index in [1.54, 1.807) is 18.4 Å². The number of carbonyl (C=O) groups is 3. The second-order valence-corrected chi connectivity index (χ2v) is 9.42. The van der Waals surface area contributed by atoms with E-state index in [0.717, 1.165) is 36.0 Å². The summed E-state index contributed by atoms with van der Waals surface area (Å²) in [6.45, 7) is 0. The monoisotopic (exact) mass is 503 g/mol. The van der Waals surface area contributed by atoms with Gasteiger partial charge in [0.1, 0.15) is 11.8 Å². The lowest BCUT2D eigenvalue weighted by atomic mass is 9.97. The van der Waals surface area contributed by atoms with E-state index in [9.17, 15) is 29.6 Å². The van der Waals surface area contributed by atoms with Crippen molar-refractivity contribution in [2.75, 3.05) is 0 Å². The second kappa shape index (κ2) is 9.88. The molecule has 2 N–H and O–H groups in total. The van der Waals surface area contributed by atoms with Crippen molar-refractivity contribution in [2.45, 2.75) is 44.2 Å². The minimum absolute atomic E-state index is 0.132. The molecule has 1 aliphatic carbocycles. The lowest BCUT2D eigenvalue weighted by Crippen LogP contribution is -2.53. The number of hydrogen-bond donors (Lipinski definition) is 2. The van der Waals surface area contributed by atoms with Crippen molar-refractivity contribution < 1.29 is 28.8 Å². The van der Waals surface area contributed by atoms with Gasteiger partial charge in [-0.05, 0) is 54.7 Å². The summed E-state index contributed by atoms with van der Waals surface area (Å²) < 4.78 is 5.47. The van der Waals surface area contributed by atoms with Gasteiger partial charge in [-0.2, -0.15) is 0 Å². The van der Waals surface area contributed by atoms with Crippen LogP contribution < -0.4 is 5.32 Å². The SMILES string of the molecule is O=C(NC1CCCC1Cc1ccco1)[C@H](Cc1ccc(O)c([N+](=O)[O-])c1)N1C(=O)c2ccccc2C1=O. The number of aromatic hydroxyl groups is 1. The number of benzene rings is 2. The maximum Gasteiger partial charge on any atom is 0.310 e. The van der Waals surface area contributed by atoms with Crippen LogP contribution in [0.25, 0.3) is 0 Å². The summed E-state index contributed by atoms with van der Waals surface area (Å²) in [5.74, 6) is -1.25. The Kier molecular flexibility index (Phi) is 6.47. The molecule has 1 aromatic heterocycles. The number of carbonyl (C=O) groups excluding carboxylic acids is 3. The van der Waals surface area contributed by atoms with Gasteiger partial charge in [-0.25, -0.2) is 0 Å². The number of phenolic OH excluding ortho intramolecular Hbond substituents is 1. The van der Waals surface area contributed by atoms with Crippen LogP contribution in [0.2, 0.25) is 0 Å². The first kappa shape index (κ1) is 24.2. The minimum Gasteiger partial charge on any atom is -0.502 e. The first-order valence-corrected chi connectivity index (χ1v) is 12.1. The number of nitrogens with zero attached hydrogens (tertiary/aromatic N) is 2. The smallest absolute Gasteiger partial charge is 0.310 e. The summed E-state index contributed by atoms with van der Waals surface area (Å²) in [6.07, 6.45) is 4.67. The number of amides is 3. The number of nitro groups is 1. The van der Waals surface area contributed by atoms with E-state index in [4.69, 9.17) is 4.42 Å². The average Bonchev–Trinajstić information content (AvgIpc) is 3.61. The van der Waals surface area contributed by atoms with Crippen molar-refractivity contribution in [3.8, 4) is 5.75 Å². The number of nitro benzene ring substituents is 1. The molecule has 5 rings (SSSR count). The van der Waals surface area contributed by atoms with Gasteiger partial charge in [0.15, 0.2) is 5.75 Å². The average molecular weight is 504 g/mol. The van der Waals surface area contributed by atoms with E-state index < -0.39 is 40.1 Å². The molecule has 190 valence electrons. The number of hydrogen-bond acceptors (Lipinski definition) is 7. The van der Waals surface area contributed by atoms with Crippen LogP contribution in [0.5, 0.6) is 5.75 Å². The van der Waals surface area contributed by atoms with E-state index in [2.05, 4.69) is 5.32 Å². The third-order valence-electron chi connectivity index (χ3n) is 7.14. The van der Waals surface area contributed by atoms with Crippen LogP contribution in [0.15, 0.2) is 65.3 Å². The Balaban J connectivity index is 1.44. The van der Waals surface area contributed by atoms with E-state index in [1.165, 1.54) is 24.3 Å². The number of imide groups is 1. The van der Waals surface area contributed by atoms with Crippen molar-refractivity contribution in [1.82, 2.24) is 10.2 Å². The van der Waals surface area contributed by atoms with Gasteiger partial charge in [-0.15, -0.1) is 0 Å². The molecule has 0 radical (unpaired) electrons. The van der Waals surface area contributed by atoms with Crippen molar-refractivity contribution in [3.05, 3.63) is 93.4 Å². The molecule has 0 spiro atoms. The standard InChI is InChI=1S/C27H25N3O7/c31-24-11-10-16(13-22(24)30(35)36)14-23(29-26(33)19-7-1-2-8-20(19)27(29)34)25(32)28-21-9-3-5-17(21)15-18-6-4-12-37-18/h1-2,4,6-8,10-13,17,21,23,31H,3,5,9,14-15H2,(H,28,32)/t17?,21?,23-/m0/s1. The third kappa shape index (κ3) is 4.69. The van der Waals surface area contributed by atoms with E-state index in [0.29, 0.717) is 12.0 Å². The molecule has 1 saturated carbocycles. The summed E-state index contributed by atoms with van der Waals surface area (Å²) in [6, 6.07) is 12.4. The minimum atomic E-state index is -1.23. The van der Waals surface area contributed by atoms with Crippen molar-refractivity contribution in [2.24, 2.45) is 5.92 Å². The molecule has 3 atom stereocenters. The molecule has 2 aliphatic rings. The fourth-order valence-electron chi connectivity index (χ4n) is 5.29. The Labute approximate surface area is 212 Å². The first-order valence-electron chi connectivity index (χ1n) is 12.1. The van der Waals surface area contributed by atoms with Gasteiger partial charge in [-0.3, -0.25) is 29.4 Å². The zero-order valence-electron chi connectivity index (χ0n) is 19.8. The van der Waals surface area contributed by atoms with Gasteiger partial charge in [0, 0.05) is 24.9 Å². The normalized spacial score (nSPS) is 19.6. The maximum atomic E-state index is 13.7. The molecule has 3 aromatic rings. The maximum absolute atomic E-state index is 13.7. The van der Waals surface area contributed by atoms with Crippen LogP contribution in [0, 0.1) is 16.0 Å². The highest BCUT2D eigenvalue weighted by atomic mass is 16.6. The Morgan fingerprint density at radius 3 is 2.49 bits per heavy atom. The molecule has 10 heteroatoms.